The van der Waals surface area contributed by atoms with E-state index in [1.807, 2.05) is 29.2 Å². The molecule has 6 heteroatoms. The van der Waals surface area contributed by atoms with E-state index in [0.717, 1.165) is 11.0 Å². The number of carbonyl (C=O) groups is 2. The number of fused-ring (bicyclic) bond motifs is 2. The van der Waals surface area contributed by atoms with E-state index in [2.05, 4.69) is 0 Å². The highest BCUT2D eigenvalue weighted by molar-refractivity contribution is 5.96. The zero-order chi connectivity index (χ0) is 15.3. The van der Waals surface area contributed by atoms with Gasteiger partial charge in [-0.15, -0.1) is 0 Å². The van der Waals surface area contributed by atoms with Crippen molar-refractivity contribution in [3.05, 3.63) is 36.1 Å². The fourth-order valence-electron chi connectivity index (χ4n) is 3.30. The Labute approximate surface area is 127 Å². The molecule has 2 fully saturated rings. The predicted octanol–water partition coefficient (Wildman–Crippen LogP) is 1.62. The van der Waals surface area contributed by atoms with Crippen LogP contribution in [0.5, 0.6) is 0 Å². The molecule has 114 valence electrons. The van der Waals surface area contributed by atoms with E-state index >= 15 is 0 Å². The van der Waals surface area contributed by atoms with Gasteiger partial charge in [-0.1, -0.05) is 18.2 Å². The summed E-state index contributed by atoms with van der Waals surface area (Å²) in [4.78, 5) is 29.9. The summed E-state index contributed by atoms with van der Waals surface area (Å²) in [5.74, 6) is 0.269. The van der Waals surface area contributed by atoms with Crippen molar-refractivity contribution in [3.8, 4) is 0 Å². The molecular formula is C16H17N3O3. The molecule has 0 aliphatic carbocycles. The molecule has 3 heterocycles. The number of amides is 3. The first-order valence-electron chi connectivity index (χ1n) is 7.43. The van der Waals surface area contributed by atoms with E-state index in [9.17, 15) is 9.59 Å². The van der Waals surface area contributed by atoms with Crippen LogP contribution in [0.2, 0.25) is 0 Å². The fraction of sp³-hybridized carbons (Fsp3) is 0.375. The van der Waals surface area contributed by atoms with Gasteiger partial charge in [-0.3, -0.25) is 4.79 Å². The molecule has 0 N–H and O–H groups in total. The van der Waals surface area contributed by atoms with Gasteiger partial charge in [0.05, 0.1) is 6.04 Å². The Kier molecular flexibility index (Phi) is 2.85. The lowest BCUT2D eigenvalue weighted by Crippen LogP contribution is -2.53. The number of hydrogen-bond donors (Lipinski definition) is 0. The van der Waals surface area contributed by atoms with Crippen LogP contribution in [0.25, 0.3) is 11.0 Å². The summed E-state index contributed by atoms with van der Waals surface area (Å²) in [6, 6.07) is 9.52. The summed E-state index contributed by atoms with van der Waals surface area (Å²) >= 11 is 0. The summed E-state index contributed by atoms with van der Waals surface area (Å²) in [5.41, 5.74) is 0.722. The van der Waals surface area contributed by atoms with Gasteiger partial charge in [0, 0.05) is 38.6 Å². The minimum absolute atomic E-state index is 0.0563. The number of hydrogen-bond acceptors (Lipinski definition) is 3. The number of piperazine rings is 1. The first-order valence-corrected chi connectivity index (χ1v) is 7.43. The maximum Gasteiger partial charge on any atom is 0.320 e. The maximum absolute atomic E-state index is 12.6. The van der Waals surface area contributed by atoms with Crippen LogP contribution in [0, 0.1) is 0 Å². The third-order valence-electron chi connectivity index (χ3n) is 4.46. The fourth-order valence-corrected chi connectivity index (χ4v) is 3.30. The Morgan fingerprint density at radius 2 is 2.05 bits per heavy atom. The molecule has 0 saturated carbocycles. The second-order valence-electron chi connectivity index (χ2n) is 5.91. The van der Waals surface area contributed by atoms with E-state index in [1.165, 1.54) is 0 Å². The second kappa shape index (κ2) is 4.76. The number of benzene rings is 1. The normalized spacial score (nSPS) is 21.6. The zero-order valence-corrected chi connectivity index (χ0v) is 12.4. The topological polar surface area (TPSA) is 57.0 Å². The standard InChI is InChI=1S/C16H17N3O3/c1-17-9-12-10-18(6-7-19(12)16(17)21)15(20)14-8-11-4-2-3-5-13(11)22-14/h2-5,8,12H,6-7,9-10H2,1H3/t12-/m1/s1. The van der Waals surface area contributed by atoms with E-state index < -0.39 is 0 Å². The molecular weight excluding hydrogens is 282 g/mol. The van der Waals surface area contributed by atoms with Crippen LogP contribution in [0.1, 0.15) is 10.6 Å². The molecule has 3 amide bonds. The van der Waals surface area contributed by atoms with E-state index in [1.54, 1.807) is 22.9 Å². The van der Waals surface area contributed by atoms with Gasteiger partial charge in [0.2, 0.25) is 0 Å². The van der Waals surface area contributed by atoms with Crippen molar-refractivity contribution in [1.82, 2.24) is 14.7 Å². The number of carbonyl (C=O) groups excluding carboxylic acids is 2. The first kappa shape index (κ1) is 13.2. The average molecular weight is 299 g/mol. The van der Waals surface area contributed by atoms with Crippen LogP contribution >= 0.6 is 0 Å². The van der Waals surface area contributed by atoms with E-state index in [4.69, 9.17) is 4.42 Å². The van der Waals surface area contributed by atoms with Gasteiger partial charge < -0.3 is 19.1 Å². The van der Waals surface area contributed by atoms with Crippen LogP contribution < -0.4 is 0 Å². The molecule has 0 unspecified atom stereocenters. The Hall–Kier alpha value is -2.50. The zero-order valence-electron chi connectivity index (χ0n) is 12.4. The maximum atomic E-state index is 12.6. The summed E-state index contributed by atoms with van der Waals surface area (Å²) in [7, 11) is 1.80. The van der Waals surface area contributed by atoms with Crippen LogP contribution in [-0.4, -0.2) is 65.9 Å². The van der Waals surface area contributed by atoms with Crippen LogP contribution in [-0.2, 0) is 0 Å². The van der Waals surface area contributed by atoms with Crippen molar-refractivity contribution in [2.75, 3.05) is 33.2 Å². The third-order valence-corrected chi connectivity index (χ3v) is 4.46. The van der Waals surface area contributed by atoms with Crippen LogP contribution in [0.4, 0.5) is 4.79 Å². The largest absolute Gasteiger partial charge is 0.451 e. The lowest BCUT2D eigenvalue weighted by Gasteiger charge is -2.35. The van der Waals surface area contributed by atoms with Gasteiger partial charge in [-0.2, -0.15) is 0 Å². The second-order valence-corrected chi connectivity index (χ2v) is 5.91. The van der Waals surface area contributed by atoms with Crippen molar-refractivity contribution in [1.29, 1.82) is 0 Å². The molecule has 0 radical (unpaired) electrons. The van der Waals surface area contributed by atoms with Crippen molar-refractivity contribution < 1.29 is 14.0 Å². The predicted molar refractivity (Wildman–Crippen MR) is 80.6 cm³/mol. The van der Waals surface area contributed by atoms with Crippen molar-refractivity contribution in [2.24, 2.45) is 0 Å². The molecule has 1 aromatic heterocycles. The van der Waals surface area contributed by atoms with Gasteiger partial charge in [-0.05, 0) is 12.1 Å². The number of nitrogens with zero attached hydrogens (tertiary/aromatic N) is 3. The number of likely N-dealkylation sites (N-methyl/N-ethyl adjacent to an activating group) is 1. The van der Waals surface area contributed by atoms with E-state index in [0.29, 0.717) is 31.9 Å². The van der Waals surface area contributed by atoms with Crippen molar-refractivity contribution >= 4 is 22.9 Å². The lowest BCUT2D eigenvalue weighted by atomic mass is 10.2. The van der Waals surface area contributed by atoms with Crippen molar-refractivity contribution in [3.63, 3.8) is 0 Å². The van der Waals surface area contributed by atoms with Gasteiger partial charge in [0.1, 0.15) is 5.58 Å². The van der Waals surface area contributed by atoms with Crippen molar-refractivity contribution in [2.45, 2.75) is 6.04 Å². The minimum atomic E-state index is -0.0992. The minimum Gasteiger partial charge on any atom is -0.451 e. The summed E-state index contributed by atoms with van der Waals surface area (Å²) in [6.07, 6.45) is 0. The number of urea groups is 1. The molecule has 0 bridgehead atoms. The molecule has 1 atom stereocenters. The highest BCUT2D eigenvalue weighted by Crippen LogP contribution is 2.23. The van der Waals surface area contributed by atoms with Gasteiger partial charge in [0.25, 0.3) is 5.91 Å². The monoisotopic (exact) mass is 299 g/mol. The molecule has 2 aliphatic rings. The van der Waals surface area contributed by atoms with E-state index in [-0.39, 0.29) is 18.0 Å². The molecule has 4 rings (SSSR count). The summed E-state index contributed by atoms with van der Waals surface area (Å²) in [6.45, 7) is 2.36. The number of para-hydroxylation sites is 1. The molecule has 2 aromatic rings. The molecule has 1 aromatic carbocycles. The number of furan rings is 1. The Bertz CT molecular complexity index is 721. The number of rotatable bonds is 1. The smallest absolute Gasteiger partial charge is 0.320 e. The van der Waals surface area contributed by atoms with Gasteiger partial charge in [-0.25, -0.2) is 4.79 Å². The Morgan fingerprint density at radius 1 is 1.23 bits per heavy atom. The highest BCUT2D eigenvalue weighted by Gasteiger charge is 2.40. The molecule has 6 nitrogen and oxygen atoms in total. The molecule has 22 heavy (non-hydrogen) atoms. The average Bonchev–Trinajstić information content (AvgIpc) is 3.08. The summed E-state index contributed by atoms with van der Waals surface area (Å²) < 4.78 is 5.65. The summed E-state index contributed by atoms with van der Waals surface area (Å²) in [5, 5.41) is 0.931. The quantitative estimate of drug-likeness (QED) is 0.804. The van der Waals surface area contributed by atoms with Crippen LogP contribution in [0.15, 0.2) is 34.7 Å². The Morgan fingerprint density at radius 3 is 2.86 bits per heavy atom. The third kappa shape index (κ3) is 1.94. The SMILES string of the molecule is CN1C[C@@H]2CN(C(=O)c3cc4ccccc4o3)CCN2C1=O. The molecule has 0 spiro atoms. The molecule has 2 saturated heterocycles. The van der Waals surface area contributed by atoms with Gasteiger partial charge in [0.15, 0.2) is 5.76 Å². The Balaban J connectivity index is 1.55. The van der Waals surface area contributed by atoms with Crippen LogP contribution in [0.3, 0.4) is 0 Å². The molecule has 2 aliphatic heterocycles. The first-order chi connectivity index (χ1) is 10.6. The van der Waals surface area contributed by atoms with Gasteiger partial charge >= 0.3 is 6.03 Å². The lowest BCUT2D eigenvalue weighted by molar-refractivity contribution is 0.0589. The highest BCUT2D eigenvalue weighted by atomic mass is 16.3.